The van der Waals surface area contributed by atoms with Crippen LogP contribution in [0.25, 0.3) is 11.2 Å². The van der Waals surface area contributed by atoms with Gasteiger partial charge in [-0.3, -0.25) is 9.36 Å². The average Bonchev–Trinajstić information content (AvgIpc) is 3.04. The second-order valence-electron chi connectivity index (χ2n) is 5.34. The normalized spacial score (nSPS) is 16.8. The van der Waals surface area contributed by atoms with E-state index in [2.05, 4.69) is 9.97 Å². The topological polar surface area (TPSA) is 77.0 Å². The predicted molar refractivity (Wildman–Crippen MR) is 77.2 cm³/mol. The number of aromatic nitrogens is 3. The van der Waals surface area contributed by atoms with Gasteiger partial charge in [-0.1, -0.05) is 0 Å². The standard InChI is InChI=1S/C14H19N5O/c1-9-5-6-11-12(16-9)19(14(15)17-11)10(2)13(20)18-7-3-4-8-18/h5-6,10H,3-4,7-8H2,1-2H3,(H2,15,17). The highest BCUT2D eigenvalue weighted by Gasteiger charge is 2.27. The number of nitrogens with zero attached hydrogens (tertiary/aromatic N) is 4. The summed E-state index contributed by atoms with van der Waals surface area (Å²) in [6, 6.07) is 3.41. The summed E-state index contributed by atoms with van der Waals surface area (Å²) >= 11 is 0. The third-order valence-corrected chi connectivity index (χ3v) is 3.87. The Balaban J connectivity index is 2.02. The molecule has 2 aromatic rings. The van der Waals surface area contributed by atoms with Crippen molar-refractivity contribution >= 4 is 23.0 Å². The minimum Gasteiger partial charge on any atom is -0.369 e. The van der Waals surface area contributed by atoms with Gasteiger partial charge >= 0.3 is 0 Å². The largest absolute Gasteiger partial charge is 0.369 e. The van der Waals surface area contributed by atoms with Crippen LogP contribution in [0.4, 0.5) is 5.95 Å². The second kappa shape index (κ2) is 4.77. The number of carbonyl (C=O) groups is 1. The van der Waals surface area contributed by atoms with E-state index in [0.29, 0.717) is 11.6 Å². The highest BCUT2D eigenvalue weighted by molar-refractivity contribution is 5.84. The Labute approximate surface area is 117 Å². The monoisotopic (exact) mass is 273 g/mol. The highest BCUT2D eigenvalue weighted by Crippen LogP contribution is 2.24. The molecule has 1 aliphatic heterocycles. The Morgan fingerprint density at radius 1 is 1.30 bits per heavy atom. The summed E-state index contributed by atoms with van der Waals surface area (Å²) in [5.74, 6) is 0.440. The second-order valence-corrected chi connectivity index (χ2v) is 5.34. The maximum atomic E-state index is 12.5. The minimum atomic E-state index is -0.368. The Bertz CT molecular complexity index is 657. The number of nitrogens with two attached hydrogens (primary N) is 1. The zero-order valence-corrected chi connectivity index (χ0v) is 11.8. The lowest BCUT2D eigenvalue weighted by Gasteiger charge is -2.22. The molecule has 106 valence electrons. The molecule has 3 heterocycles. The SMILES string of the molecule is Cc1ccc2nc(N)n(C(C)C(=O)N3CCCC3)c2n1. The molecule has 0 spiro atoms. The Morgan fingerprint density at radius 3 is 2.70 bits per heavy atom. The van der Waals surface area contributed by atoms with E-state index in [1.807, 2.05) is 30.9 Å². The van der Waals surface area contributed by atoms with Gasteiger partial charge in [-0.05, 0) is 38.8 Å². The summed E-state index contributed by atoms with van der Waals surface area (Å²) in [6.07, 6.45) is 2.16. The first-order chi connectivity index (χ1) is 9.58. The molecule has 0 aliphatic carbocycles. The zero-order chi connectivity index (χ0) is 14.3. The smallest absolute Gasteiger partial charge is 0.245 e. The molecule has 0 saturated carbocycles. The molecule has 6 heteroatoms. The number of pyridine rings is 1. The van der Waals surface area contributed by atoms with Crippen molar-refractivity contribution in [1.29, 1.82) is 0 Å². The van der Waals surface area contributed by atoms with E-state index >= 15 is 0 Å². The number of likely N-dealkylation sites (tertiary alicyclic amines) is 1. The molecule has 1 saturated heterocycles. The van der Waals surface area contributed by atoms with E-state index in [1.54, 1.807) is 4.57 Å². The predicted octanol–water partition coefficient (Wildman–Crippen LogP) is 1.51. The Morgan fingerprint density at radius 2 is 2.00 bits per heavy atom. The van der Waals surface area contributed by atoms with Crippen LogP contribution in [-0.4, -0.2) is 38.4 Å². The number of amides is 1. The Kier molecular flexibility index (Phi) is 3.08. The van der Waals surface area contributed by atoms with E-state index in [0.717, 1.165) is 37.1 Å². The fourth-order valence-electron chi connectivity index (χ4n) is 2.78. The maximum Gasteiger partial charge on any atom is 0.245 e. The highest BCUT2D eigenvalue weighted by atomic mass is 16.2. The van der Waals surface area contributed by atoms with Gasteiger partial charge in [0.1, 0.15) is 11.6 Å². The number of fused-ring (bicyclic) bond motifs is 1. The molecular formula is C14H19N5O. The van der Waals surface area contributed by atoms with Crippen LogP contribution in [-0.2, 0) is 4.79 Å². The van der Waals surface area contributed by atoms with Crippen LogP contribution in [0.2, 0.25) is 0 Å². The van der Waals surface area contributed by atoms with E-state index in [-0.39, 0.29) is 11.9 Å². The summed E-state index contributed by atoms with van der Waals surface area (Å²) in [5, 5.41) is 0. The number of hydrogen-bond acceptors (Lipinski definition) is 4. The minimum absolute atomic E-state index is 0.0943. The molecule has 1 unspecified atom stereocenters. The molecule has 1 atom stereocenters. The van der Waals surface area contributed by atoms with Gasteiger partial charge in [0, 0.05) is 18.8 Å². The van der Waals surface area contributed by atoms with Crippen molar-refractivity contribution in [2.45, 2.75) is 32.7 Å². The van der Waals surface area contributed by atoms with E-state index in [9.17, 15) is 4.79 Å². The molecule has 0 aromatic carbocycles. The number of hydrogen-bond donors (Lipinski definition) is 1. The molecule has 2 aromatic heterocycles. The summed E-state index contributed by atoms with van der Waals surface area (Å²) in [7, 11) is 0. The molecule has 0 bridgehead atoms. The van der Waals surface area contributed by atoms with E-state index < -0.39 is 0 Å². The van der Waals surface area contributed by atoms with Gasteiger partial charge in [-0.2, -0.15) is 0 Å². The van der Waals surface area contributed by atoms with E-state index in [4.69, 9.17) is 5.73 Å². The quantitative estimate of drug-likeness (QED) is 0.899. The van der Waals surface area contributed by atoms with Crippen LogP contribution >= 0.6 is 0 Å². The number of nitrogen functional groups attached to an aromatic ring is 1. The third-order valence-electron chi connectivity index (χ3n) is 3.87. The van der Waals surface area contributed by atoms with Crippen LogP contribution in [0, 0.1) is 6.92 Å². The van der Waals surface area contributed by atoms with E-state index in [1.165, 1.54) is 0 Å². The zero-order valence-electron chi connectivity index (χ0n) is 11.8. The van der Waals surface area contributed by atoms with Crippen molar-refractivity contribution in [2.75, 3.05) is 18.8 Å². The summed E-state index contributed by atoms with van der Waals surface area (Å²) in [4.78, 5) is 23.2. The number of carbonyl (C=O) groups excluding carboxylic acids is 1. The summed E-state index contributed by atoms with van der Waals surface area (Å²) in [6.45, 7) is 5.45. The van der Waals surface area contributed by atoms with Crippen molar-refractivity contribution in [3.63, 3.8) is 0 Å². The lowest BCUT2D eigenvalue weighted by Crippen LogP contribution is -2.34. The van der Waals surface area contributed by atoms with Crippen LogP contribution in [0.15, 0.2) is 12.1 Å². The number of aryl methyl sites for hydroxylation is 1. The maximum absolute atomic E-state index is 12.5. The lowest BCUT2D eigenvalue weighted by atomic mass is 10.2. The fraction of sp³-hybridized carbons (Fsp3) is 0.500. The van der Waals surface area contributed by atoms with Crippen LogP contribution in [0.1, 0.15) is 31.5 Å². The van der Waals surface area contributed by atoms with Crippen molar-refractivity contribution < 1.29 is 4.79 Å². The van der Waals surface area contributed by atoms with Gasteiger partial charge in [-0.15, -0.1) is 0 Å². The van der Waals surface area contributed by atoms with Crippen LogP contribution in [0.3, 0.4) is 0 Å². The number of rotatable bonds is 2. The van der Waals surface area contributed by atoms with Gasteiger partial charge in [-0.25, -0.2) is 9.97 Å². The Hall–Kier alpha value is -2.11. The molecule has 1 amide bonds. The number of anilines is 1. The van der Waals surface area contributed by atoms with Crippen molar-refractivity contribution in [2.24, 2.45) is 0 Å². The van der Waals surface area contributed by atoms with Gasteiger partial charge in [0.25, 0.3) is 0 Å². The van der Waals surface area contributed by atoms with Gasteiger partial charge in [0.15, 0.2) is 5.65 Å². The first-order valence-electron chi connectivity index (χ1n) is 6.98. The number of imidazole rings is 1. The molecule has 0 radical (unpaired) electrons. The summed E-state index contributed by atoms with van der Waals surface area (Å²) < 4.78 is 1.74. The molecule has 2 N–H and O–H groups in total. The molecule has 20 heavy (non-hydrogen) atoms. The fourth-order valence-corrected chi connectivity index (χ4v) is 2.78. The first-order valence-corrected chi connectivity index (χ1v) is 6.98. The van der Waals surface area contributed by atoms with Crippen molar-refractivity contribution in [3.8, 4) is 0 Å². The van der Waals surface area contributed by atoms with Gasteiger partial charge in [0.05, 0.1) is 0 Å². The molecular weight excluding hydrogens is 254 g/mol. The van der Waals surface area contributed by atoms with Crippen molar-refractivity contribution in [1.82, 2.24) is 19.4 Å². The average molecular weight is 273 g/mol. The molecule has 1 fully saturated rings. The van der Waals surface area contributed by atoms with Crippen LogP contribution < -0.4 is 5.73 Å². The first kappa shape index (κ1) is 12.9. The lowest BCUT2D eigenvalue weighted by molar-refractivity contribution is -0.133. The molecule has 1 aliphatic rings. The molecule has 3 rings (SSSR count). The third kappa shape index (κ3) is 2.01. The van der Waals surface area contributed by atoms with Gasteiger partial charge < -0.3 is 10.6 Å². The van der Waals surface area contributed by atoms with Crippen molar-refractivity contribution in [3.05, 3.63) is 17.8 Å². The van der Waals surface area contributed by atoms with Crippen LogP contribution in [0.5, 0.6) is 0 Å². The summed E-state index contributed by atoms with van der Waals surface area (Å²) in [5.41, 5.74) is 8.28. The van der Waals surface area contributed by atoms with Gasteiger partial charge in [0.2, 0.25) is 11.9 Å². The molecule has 6 nitrogen and oxygen atoms in total.